The van der Waals surface area contributed by atoms with E-state index >= 15 is 0 Å². The number of aromatic nitrogens is 3. The zero-order valence-corrected chi connectivity index (χ0v) is 22.9. The Morgan fingerprint density at radius 1 is 0.595 bits per heavy atom. The first-order valence-corrected chi connectivity index (χ1v) is 15.0. The van der Waals surface area contributed by atoms with Gasteiger partial charge >= 0.3 is 0 Å². The minimum atomic E-state index is 0.121. The lowest BCUT2D eigenvalue weighted by atomic mass is 9.35. The van der Waals surface area contributed by atoms with Crippen molar-refractivity contribution in [2.75, 3.05) is 0 Å². The van der Waals surface area contributed by atoms with E-state index in [2.05, 4.69) is 135 Å². The molecule has 3 nitrogen and oxygen atoms in total. The van der Waals surface area contributed by atoms with Crippen LogP contribution in [-0.4, -0.2) is 20.4 Å². The van der Waals surface area contributed by atoms with E-state index in [1.807, 2.05) is 0 Å². The Hall–Kier alpha value is -5.22. The van der Waals surface area contributed by atoms with Crippen molar-refractivity contribution in [2.24, 2.45) is 0 Å². The molecule has 0 saturated carbocycles. The van der Waals surface area contributed by atoms with Crippen LogP contribution < -0.4 is 16.5 Å². The quantitative estimate of drug-likeness (QED) is 0.207. The molecule has 42 heavy (non-hydrogen) atoms. The molecule has 194 valence electrons. The van der Waals surface area contributed by atoms with Crippen LogP contribution in [0, 0.1) is 0 Å². The molecule has 2 aliphatic heterocycles. The standard InChI is InChI=1S/C38H24BN3/c1-2-12-23(13-3-1)40-32-20-10-6-16-26(32)37-38(40)39-29-17-7-11-21-33(29)41-30-18-8-4-14-24(30)27-22-28-25-15-5-9-19-31(25)42(37)36(28)34(39)35(27)41/h1-9,11-19,21-22H,10,20H2. The zero-order valence-electron chi connectivity index (χ0n) is 22.9. The molecule has 0 saturated heterocycles. The van der Waals surface area contributed by atoms with Gasteiger partial charge in [-0.15, -0.1) is 0 Å². The zero-order chi connectivity index (χ0) is 27.1. The van der Waals surface area contributed by atoms with Gasteiger partial charge in [-0.25, -0.2) is 0 Å². The fourth-order valence-corrected chi connectivity index (χ4v) is 8.60. The molecule has 0 bridgehead atoms. The monoisotopic (exact) mass is 533 g/mol. The Bertz CT molecular complexity index is 2520. The Morgan fingerprint density at radius 3 is 2.07 bits per heavy atom. The first kappa shape index (κ1) is 21.5. The molecule has 4 heteroatoms. The molecule has 1 aliphatic carbocycles. The third-order valence-electron chi connectivity index (χ3n) is 10.1. The highest BCUT2D eigenvalue weighted by molar-refractivity contribution is 7.00. The highest BCUT2D eigenvalue weighted by atomic mass is 15.1. The third kappa shape index (κ3) is 2.32. The average molecular weight is 533 g/mol. The molecule has 3 aliphatic rings. The molecule has 0 radical (unpaired) electrons. The van der Waals surface area contributed by atoms with Crippen molar-refractivity contribution in [3.05, 3.63) is 127 Å². The summed E-state index contributed by atoms with van der Waals surface area (Å²) in [7, 11) is 0. The van der Waals surface area contributed by atoms with Gasteiger partial charge in [-0.1, -0.05) is 84.9 Å². The maximum absolute atomic E-state index is 2.62. The van der Waals surface area contributed by atoms with Gasteiger partial charge in [0.2, 0.25) is 0 Å². The fraction of sp³-hybridized carbons (Fsp3) is 0.0526. The SMILES string of the molecule is C1=Cc2c3c(n(-c4ccccc4)c2CC1)B1c2ccccc2-n2c4ccccc4c4cc5c6ccccc6n-3c5c1c42. The summed E-state index contributed by atoms with van der Waals surface area (Å²) >= 11 is 0. The number of rotatable bonds is 1. The van der Waals surface area contributed by atoms with Crippen LogP contribution in [-0.2, 0) is 6.42 Å². The van der Waals surface area contributed by atoms with Crippen molar-refractivity contribution < 1.29 is 0 Å². The number of benzene rings is 5. The van der Waals surface area contributed by atoms with Crippen LogP contribution in [0.1, 0.15) is 17.7 Å². The molecular formula is C38H24BN3. The fourth-order valence-electron chi connectivity index (χ4n) is 8.60. The van der Waals surface area contributed by atoms with Gasteiger partial charge in [0.05, 0.1) is 27.8 Å². The number of hydrogen-bond donors (Lipinski definition) is 0. The average Bonchev–Trinajstić information content (AvgIpc) is 3.69. The Labute approximate surface area is 242 Å². The molecule has 0 atom stereocenters. The van der Waals surface area contributed by atoms with E-state index in [0.29, 0.717) is 0 Å². The van der Waals surface area contributed by atoms with Gasteiger partial charge in [-0.2, -0.15) is 0 Å². The van der Waals surface area contributed by atoms with E-state index in [1.165, 1.54) is 88.5 Å². The van der Waals surface area contributed by atoms with Crippen molar-refractivity contribution in [1.29, 1.82) is 0 Å². The van der Waals surface area contributed by atoms with Gasteiger partial charge in [-0.05, 0) is 60.2 Å². The van der Waals surface area contributed by atoms with E-state index in [9.17, 15) is 0 Å². The van der Waals surface area contributed by atoms with E-state index in [0.717, 1.165) is 12.8 Å². The summed E-state index contributed by atoms with van der Waals surface area (Å²) in [5.41, 5.74) is 16.2. The summed E-state index contributed by atoms with van der Waals surface area (Å²) in [6.07, 6.45) is 6.87. The predicted octanol–water partition coefficient (Wildman–Crippen LogP) is 6.77. The van der Waals surface area contributed by atoms with Gasteiger partial charge in [0, 0.05) is 49.8 Å². The van der Waals surface area contributed by atoms with Crippen LogP contribution in [0.2, 0.25) is 0 Å². The summed E-state index contributed by atoms with van der Waals surface area (Å²) < 4.78 is 7.79. The first-order valence-electron chi connectivity index (χ1n) is 15.0. The van der Waals surface area contributed by atoms with E-state index in [4.69, 9.17) is 0 Å². The molecular weight excluding hydrogens is 509 g/mol. The van der Waals surface area contributed by atoms with Gasteiger partial charge in [0.15, 0.2) is 0 Å². The Kier molecular flexibility index (Phi) is 3.76. The molecule has 8 aromatic rings. The summed E-state index contributed by atoms with van der Waals surface area (Å²) in [6, 6.07) is 40.7. The number of nitrogens with zero attached hydrogens (tertiary/aromatic N) is 3. The largest absolute Gasteiger partial charge is 0.323 e. The van der Waals surface area contributed by atoms with E-state index in [-0.39, 0.29) is 6.71 Å². The second kappa shape index (κ2) is 7.34. The molecule has 0 unspecified atom stereocenters. The highest BCUT2D eigenvalue weighted by Crippen LogP contribution is 2.43. The van der Waals surface area contributed by atoms with Crippen LogP contribution in [0.15, 0.2) is 115 Å². The second-order valence-corrected chi connectivity index (χ2v) is 12.0. The second-order valence-electron chi connectivity index (χ2n) is 12.0. The molecule has 3 aromatic heterocycles. The van der Waals surface area contributed by atoms with Crippen molar-refractivity contribution >= 4 is 72.9 Å². The van der Waals surface area contributed by atoms with Crippen molar-refractivity contribution in [3.8, 4) is 17.1 Å². The Balaban J connectivity index is 1.48. The number of para-hydroxylation sites is 4. The van der Waals surface area contributed by atoms with Gasteiger partial charge < -0.3 is 13.7 Å². The molecule has 5 heterocycles. The van der Waals surface area contributed by atoms with Crippen LogP contribution in [0.3, 0.4) is 0 Å². The van der Waals surface area contributed by atoms with Crippen LogP contribution in [0.4, 0.5) is 0 Å². The summed E-state index contributed by atoms with van der Waals surface area (Å²) in [6.45, 7) is 0.121. The molecule has 5 aromatic carbocycles. The minimum Gasteiger partial charge on any atom is -0.323 e. The van der Waals surface area contributed by atoms with Crippen LogP contribution >= 0.6 is 0 Å². The predicted molar refractivity (Wildman–Crippen MR) is 176 cm³/mol. The third-order valence-corrected chi connectivity index (χ3v) is 10.1. The van der Waals surface area contributed by atoms with E-state index in [1.54, 1.807) is 0 Å². The molecule has 0 fully saturated rings. The number of hydrogen-bond acceptors (Lipinski definition) is 0. The van der Waals surface area contributed by atoms with Gasteiger partial charge in [0.1, 0.15) is 0 Å². The lowest BCUT2D eigenvalue weighted by Gasteiger charge is -2.33. The minimum absolute atomic E-state index is 0.121. The van der Waals surface area contributed by atoms with Gasteiger partial charge in [0.25, 0.3) is 6.71 Å². The summed E-state index contributed by atoms with van der Waals surface area (Å²) in [5.74, 6) is 0. The normalized spacial score (nSPS) is 14.3. The number of allylic oxidation sites excluding steroid dienone is 1. The van der Waals surface area contributed by atoms with Crippen molar-refractivity contribution in [2.45, 2.75) is 12.8 Å². The smallest absolute Gasteiger partial charge is 0.273 e. The first-order chi connectivity index (χ1) is 20.9. The molecule has 11 rings (SSSR count). The lowest BCUT2D eigenvalue weighted by Crippen LogP contribution is -2.61. The Morgan fingerprint density at radius 2 is 1.26 bits per heavy atom. The summed E-state index contributed by atoms with van der Waals surface area (Å²) in [4.78, 5) is 0. The van der Waals surface area contributed by atoms with Gasteiger partial charge in [-0.3, -0.25) is 0 Å². The van der Waals surface area contributed by atoms with Crippen molar-refractivity contribution in [3.63, 3.8) is 0 Å². The van der Waals surface area contributed by atoms with E-state index < -0.39 is 0 Å². The topological polar surface area (TPSA) is 14.8 Å². The van der Waals surface area contributed by atoms with Crippen LogP contribution in [0.25, 0.3) is 66.7 Å². The highest BCUT2D eigenvalue weighted by Gasteiger charge is 2.45. The maximum Gasteiger partial charge on any atom is 0.273 e. The molecule has 0 amide bonds. The summed E-state index contributed by atoms with van der Waals surface area (Å²) in [5, 5.41) is 5.35. The molecule has 0 N–H and O–H groups in total. The number of fused-ring (bicyclic) bond motifs is 14. The molecule has 0 spiro atoms. The van der Waals surface area contributed by atoms with Crippen molar-refractivity contribution in [1.82, 2.24) is 13.7 Å². The maximum atomic E-state index is 2.62. The lowest BCUT2D eigenvalue weighted by molar-refractivity contribution is 0.884. The van der Waals surface area contributed by atoms with Crippen LogP contribution in [0.5, 0.6) is 0 Å².